The van der Waals surface area contributed by atoms with E-state index in [-0.39, 0.29) is 17.0 Å². The third kappa shape index (κ3) is 3.69. The second-order valence-corrected chi connectivity index (χ2v) is 5.04. The lowest BCUT2D eigenvalue weighted by Crippen LogP contribution is -2.03. The number of carboxylic acid groups (broad SMARTS) is 2. The highest BCUT2D eigenvalue weighted by Gasteiger charge is 2.10. The molecule has 0 aliphatic heterocycles. The van der Waals surface area contributed by atoms with Gasteiger partial charge in [0.25, 0.3) is 0 Å². The van der Waals surface area contributed by atoms with Crippen molar-refractivity contribution in [2.75, 3.05) is 0 Å². The third-order valence-electron chi connectivity index (χ3n) is 3.45. The fraction of sp³-hybridized carbons (Fsp3) is 0.176. The monoisotopic (exact) mass is 284 g/mol. The maximum Gasteiger partial charge on any atom is 0.335 e. The van der Waals surface area contributed by atoms with E-state index in [4.69, 9.17) is 10.2 Å². The number of carbonyl (C=O) groups is 2. The summed E-state index contributed by atoms with van der Waals surface area (Å²) in [5, 5.41) is 17.9. The predicted molar refractivity (Wildman–Crippen MR) is 78.9 cm³/mol. The summed E-state index contributed by atoms with van der Waals surface area (Å²) in [6.07, 6.45) is 0.725. The second-order valence-electron chi connectivity index (χ2n) is 5.04. The number of hydrogen-bond donors (Lipinski definition) is 2. The number of rotatable bonds is 5. The lowest BCUT2D eigenvalue weighted by atomic mass is 9.92. The molecule has 1 unspecified atom stereocenters. The normalized spacial score (nSPS) is 11.9. The molecule has 0 saturated heterocycles. The van der Waals surface area contributed by atoms with Crippen molar-refractivity contribution < 1.29 is 19.8 Å². The molecule has 0 saturated carbocycles. The van der Waals surface area contributed by atoms with Crippen LogP contribution in [0.1, 0.15) is 44.7 Å². The smallest absolute Gasteiger partial charge is 0.335 e. The number of benzene rings is 2. The van der Waals surface area contributed by atoms with Crippen LogP contribution >= 0.6 is 0 Å². The van der Waals surface area contributed by atoms with Crippen molar-refractivity contribution >= 4 is 11.9 Å². The van der Waals surface area contributed by atoms with E-state index in [1.807, 2.05) is 13.0 Å². The average molecular weight is 284 g/mol. The minimum atomic E-state index is -0.941. The molecular weight excluding hydrogens is 268 g/mol. The van der Waals surface area contributed by atoms with E-state index in [1.165, 1.54) is 0 Å². The molecule has 0 fully saturated rings. The molecule has 108 valence electrons. The molecule has 0 aromatic heterocycles. The Bertz CT molecular complexity index is 659. The van der Waals surface area contributed by atoms with E-state index in [2.05, 4.69) is 0 Å². The molecule has 0 aliphatic carbocycles. The van der Waals surface area contributed by atoms with Crippen molar-refractivity contribution in [3.8, 4) is 0 Å². The van der Waals surface area contributed by atoms with Crippen molar-refractivity contribution in [2.45, 2.75) is 19.3 Å². The Morgan fingerprint density at radius 3 is 2.14 bits per heavy atom. The van der Waals surface area contributed by atoms with Crippen LogP contribution in [0.15, 0.2) is 48.5 Å². The molecule has 2 rings (SSSR count). The van der Waals surface area contributed by atoms with Crippen molar-refractivity contribution in [1.82, 2.24) is 0 Å². The van der Waals surface area contributed by atoms with Gasteiger partial charge in [-0.05, 0) is 47.7 Å². The third-order valence-corrected chi connectivity index (χ3v) is 3.45. The van der Waals surface area contributed by atoms with E-state index in [9.17, 15) is 9.59 Å². The van der Waals surface area contributed by atoms with Crippen LogP contribution in [0, 0.1) is 0 Å². The summed E-state index contributed by atoms with van der Waals surface area (Å²) in [5.41, 5.74) is 2.52. The number of aromatic carboxylic acids is 2. The Morgan fingerprint density at radius 1 is 0.952 bits per heavy atom. The minimum absolute atomic E-state index is 0.153. The molecular formula is C17H16O4. The SMILES string of the molecule is CC(Cc1ccc(C(=O)O)cc1)c1cccc(C(=O)O)c1. The zero-order chi connectivity index (χ0) is 15.4. The molecule has 2 N–H and O–H groups in total. The van der Waals surface area contributed by atoms with Gasteiger partial charge >= 0.3 is 11.9 Å². The van der Waals surface area contributed by atoms with Crippen LogP contribution in [0.5, 0.6) is 0 Å². The van der Waals surface area contributed by atoms with Crippen LogP contribution in [0.4, 0.5) is 0 Å². The number of hydrogen-bond acceptors (Lipinski definition) is 2. The Labute approximate surface area is 122 Å². The summed E-state index contributed by atoms with van der Waals surface area (Å²) in [4.78, 5) is 21.8. The molecule has 0 amide bonds. The standard InChI is InChI=1S/C17H16O4/c1-11(14-3-2-4-15(10-14)17(20)21)9-12-5-7-13(8-6-12)16(18)19/h2-8,10-11H,9H2,1H3,(H,18,19)(H,20,21). The molecule has 4 heteroatoms. The summed E-state index contributed by atoms with van der Waals surface area (Å²) in [7, 11) is 0. The van der Waals surface area contributed by atoms with Gasteiger partial charge in [-0.15, -0.1) is 0 Å². The van der Waals surface area contributed by atoms with Crippen molar-refractivity contribution in [2.24, 2.45) is 0 Å². The van der Waals surface area contributed by atoms with E-state index >= 15 is 0 Å². The molecule has 0 heterocycles. The molecule has 1 atom stereocenters. The first-order chi connectivity index (χ1) is 9.97. The van der Waals surface area contributed by atoms with Crippen LogP contribution in [0.2, 0.25) is 0 Å². The zero-order valence-electron chi connectivity index (χ0n) is 11.6. The summed E-state index contributed by atoms with van der Waals surface area (Å²) < 4.78 is 0. The first-order valence-electron chi connectivity index (χ1n) is 6.63. The summed E-state index contributed by atoms with van der Waals surface area (Å²) in [5.74, 6) is -1.72. The average Bonchev–Trinajstić information content (AvgIpc) is 2.48. The van der Waals surface area contributed by atoms with Crippen LogP contribution < -0.4 is 0 Å². The Morgan fingerprint density at radius 2 is 1.57 bits per heavy atom. The summed E-state index contributed by atoms with van der Waals surface area (Å²) in [6.45, 7) is 2.02. The van der Waals surface area contributed by atoms with Gasteiger partial charge in [0.15, 0.2) is 0 Å². The van der Waals surface area contributed by atoms with Gasteiger partial charge < -0.3 is 10.2 Å². The first kappa shape index (κ1) is 14.8. The van der Waals surface area contributed by atoms with E-state index in [0.29, 0.717) is 0 Å². The predicted octanol–water partition coefficient (Wildman–Crippen LogP) is 3.43. The van der Waals surface area contributed by atoms with Gasteiger partial charge in [-0.1, -0.05) is 31.2 Å². The Hall–Kier alpha value is -2.62. The highest BCUT2D eigenvalue weighted by molar-refractivity contribution is 5.88. The summed E-state index contributed by atoms with van der Waals surface area (Å²) >= 11 is 0. The minimum Gasteiger partial charge on any atom is -0.478 e. The van der Waals surface area contributed by atoms with Crippen LogP contribution in [-0.4, -0.2) is 22.2 Å². The van der Waals surface area contributed by atoms with Gasteiger partial charge in [0, 0.05) is 0 Å². The highest BCUT2D eigenvalue weighted by atomic mass is 16.4. The summed E-state index contributed by atoms with van der Waals surface area (Å²) in [6, 6.07) is 13.6. The maximum atomic E-state index is 11.0. The fourth-order valence-corrected chi connectivity index (χ4v) is 2.23. The molecule has 4 nitrogen and oxygen atoms in total. The van der Waals surface area contributed by atoms with Crippen molar-refractivity contribution in [3.05, 3.63) is 70.8 Å². The van der Waals surface area contributed by atoms with Crippen LogP contribution in [-0.2, 0) is 6.42 Å². The zero-order valence-corrected chi connectivity index (χ0v) is 11.6. The van der Waals surface area contributed by atoms with Gasteiger partial charge in [0.2, 0.25) is 0 Å². The lowest BCUT2D eigenvalue weighted by Gasteiger charge is -2.13. The Kier molecular flexibility index (Phi) is 4.38. The molecule has 2 aromatic rings. The van der Waals surface area contributed by atoms with E-state index < -0.39 is 11.9 Å². The van der Waals surface area contributed by atoms with Gasteiger partial charge in [-0.25, -0.2) is 9.59 Å². The number of carboxylic acids is 2. The van der Waals surface area contributed by atoms with Gasteiger partial charge in [-0.3, -0.25) is 0 Å². The second kappa shape index (κ2) is 6.22. The van der Waals surface area contributed by atoms with Crippen molar-refractivity contribution in [3.63, 3.8) is 0 Å². The molecule has 0 bridgehead atoms. The van der Waals surface area contributed by atoms with Gasteiger partial charge in [-0.2, -0.15) is 0 Å². The van der Waals surface area contributed by atoms with E-state index in [0.717, 1.165) is 17.5 Å². The fourth-order valence-electron chi connectivity index (χ4n) is 2.23. The van der Waals surface area contributed by atoms with Crippen molar-refractivity contribution in [1.29, 1.82) is 0 Å². The molecule has 21 heavy (non-hydrogen) atoms. The topological polar surface area (TPSA) is 74.6 Å². The van der Waals surface area contributed by atoms with Crippen LogP contribution in [0.3, 0.4) is 0 Å². The quantitative estimate of drug-likeness (QED) is 0.882. The maximum absolute atomic E-state index is 11.0. The molecule has 0 radical (unpaired) electrons. The van der Waals surface area contributed by atoms with Gasteiger partial charge in [0.05, 0.1) is 11.1 Å². The molecule has 0 spiro atoms. The van der Waals surface area contributed by atoms with Crippen LogP contribution in [0.25, 0.3) is 0 Å². The highest BCUT2D eigenvalue weighted by Crippen LogP contribution is 2.21. The van der Waals surface area contributed by atoms with Gasteiger partial charge in [0.1, 0.15) is 0 Å². The Balaban J connectivity index is 2.13. The largest absolute Gasteiger partial charge is 0.478 e. The van der Waals surface area contributed by atoms with E-state index in [1.54, 1.807) is 42.5 Å². The molecule has 0 aliphatic rings. The lowest BCUT2D eigenvalue weighted by molar-refractivity contribution is 0.0686. The first-order valence-corrected chi connectivity index (χ1v) is 6.63. The molecule has 2 aromatic carbocycles.